The number of allylic oxidation sites excluding steroid dienone is 1. The van der Waals surface area contributed by atoms with Crippen LogP contribution >= 0.6 is 0 Å². The van der Waals surface area contributed by atoms with Crippen LogP contribution in [0.2, 0.25) is 0 Å². The number of aliphatic hydroxyl groups is 2. The molecule has 0 aromatic rings. The first kappa shape index (κ1) is 26.1. The summed E-state index contributed by atoms with van der Waals surface area (Å²) >= 11 is 0. The highest BCUT2D eigenvalue weighted by atomic mass is 16.3. The maximum atomic E-state index is 11.6. The normalized spacial score (nSPS) is 12.6. The molecule has 0 aliphatic rings. The van der Waals surface area contributed by atoms with Crippen LogP contribution < -0.4 is 10.6 Å². The average Bonchev–Trinajstić information content (AvgIpc) is 2.66. The number of hydrogen-bond acceptors (Lipinski definition) is 4. The van der Waals surface area contributed by atoms with E-state index in [9.17, 15) is 9.90 Å². The van der Waals surface area contributed by atoms with Crippen LogP contribution in [0, 0.1) is 0 Å². The van der Waals surface area contributed by atoms with Crippen molar-refractivity contribution in [2.45, 2.75) is 96.5 Å². The van der Waals surface area contributed by atoms with Crippen LogP contribution in [0.25, 0.3) is 0 Å². The number of hydrogen-bond donors (Lipinski definition) is 4. The third-order valence-corrected chi connectivity index (χ3v) is 4.65. The second-order valence-corrected chi connectivity index (χ2v) is 7.34. The van der Waals surface area contributed by atoms with E-state index < -0.39 is 0 Å². The summed E-state index contributed by atoms with van der Waals surface area (Å²) in [4.78, 5) is 11.6. The molecule has 27 heavy (non-hydrogen) atoms. The Morgan fingerprint density at radius 2 is 1.67 bits per heavy atom. The number of amides is 1. The Kier molecular flexibility index (Phi) is 20.7. The molecule has 0 aromatic heterocycles. The van der Waals surface area contributed by atoms with Crippen LogP contribution in [0.5, 0.6) is 0 Å². The highest BCUT2D eigenvalue weighted by Gasteiger charge is 2.01. The number of rotatable bonds is 20. The molecular weight excluding hydrogens is 340 g/mol. The molecule has 0 saturated heterocycles. The first-order valence-corrected chi connectivity index (χ1v) is 11.1. The van der Waals surface area contributed by atoms with E-state index in [0.29, 0.717) is 26.1 Å². The van der Waals surface area contributed by atoms with Gasteiger partial charge in [0.1, 0.15) is 0 Å². The number of nitrogens with one attached hydrogen (secondary N) is 2. The van der Waals surface area contributed by atoms with Crippen LogP contribution in [-0.2, 0) is 4.79 Å². The van der Waals surface area contributed by atoms with E-state index in [0.717, 1.165) is 38.5 Å². The van der Waals surface area contributed by atoms with E-state index in [1.807, 2.05) is 0 Å². The van der Waals surface area contributed by atoms with Crippen LogP contribution in [0.3, 0.4) is 0 Å². The van der Waals surface area contributed by atoms with Gasteiger partial charge in [0.15, 0.2) is 0 Å². The summed E-state index contributed by atoms with van der Waals surface area (Å²) in [5.74, 6) is 0.122. The molecule has 1 atom stereocenters. The van der Waals surface area contributed by atoms with Crippen LogP contribution in [-0.4, -0.2) is 48.5 Å². The molecule has 1 amide bonds. The minimum Gasteiger partial charge on any atom is -0.395 e. The molecule has 0 rings (SSSR count). The van der Waals surface area contributed by atoms with Crippen molar-refractivity contribution in [3.8, 4) is 0 Å². The minimum atomic E-state index is -0.172. The fraction of sp³-hybridized carbons (Fsp3) is 0.864. The standard InChI is InChI=1S/C22H44N2O3/c1-2-3-4-11-14-21(26)15-12-9-7-5-6-8-10-13-16-22(27)24-18-17-23-19-20-25/h9,12,21,23,25-26H,2-8,10-11,13-20H2,1H3,(H,24,27). The van der Waals surface area contributed by atoms with Gasteiger partial charge in [0.2, 0.25) is 5.91 Å². The summed E-state index contributed by atoms with van der Waals surface area (Å²) in [6.07, 6.45) is 18.1. The summed E-state index contributed by atoms with van der Waals surface area (Å²) in [6, 6.07) is 0. The van der Waals surface area contributed by atoms with Gasteiger partial charge in [-0.05, 0) is 32.1 Å². The van der Waals surface area contributed by atoms with Crippen molar-refractivity contribution in [3.63, 3.8) is 0 Å². The highest BCUT2D eigenvalue weighted by Crippen LogP contribution is 2.10. The SMILES string of the molecule is CCCCCCC(O)CC=CCCCCCCCC(=O)NCCNCCO. The quantitative estimate of drug-likeness (QED) is 0.191. The van der Waals surface area contributed by atoms with Crippen molar-refractivity contribution in [1.29, 1.82) is 0 Å². The van der Waals surface area contributed by atoms with Crippen molar-refractivity contribution in [3.05, 3.63) is 12.2 Å². The topological polar surface area (TPSA) is 81.6 Å². The zero-order valence-corrected chi connectivity index (χ0v) is 17.6. The van der Waals surface area contributed by atoms with Gasteiger partial charge < -0.3 is 20.8 Å². The van der Waals surface area contributed by atoms with Crippen molar-refractivity contribution in [2.75, 3.05) is 26.2 Å². The molecule has 0 bridgehead atoms. The van der Waals surface area contributed by atoms with Crippen LogP contribution in [0.4, 0.5) is 0 Å². The fourth-order valence-corrected chi connectivity index (χ4v) is 2.96. The molecule has 4 N–H and O–H groups in total. The first-order valence-electron chi connectivity index (χ1n) is 11.1. The Morgan fingerprint density at radius 3 is 2.44 bits per heavy atom. The monoisotopic (exact) mass is 384 g/mol. The van der Waals surface area contributed by atoms with E-state index in [4.69, 9.17) is 5.11 Å². The Bertz CT molecular complexity index is 348. The van der Waals surface area contributed by atoms with E-state index in [1.165, 1.54) is 38.5 Å². The Labute approximate surface area is 167 Å². The van der Waals surface area contributed by atoms with Gasteiger partial charge in [-0.15, -0.1) is 0 Å². The molecule has 0 saturated carbocycles. The second-order valence-electron chi connectivity index (χ2n) is 7.34. The predicted molar refractivity (Wildman–Crippen MR) is 114 cm³/mol. The molecule has 160 valence electrons. The Morgan fingerprint density at radius 1 is 0.926 bits per heavy atom. The lowest BCUT2D eigenvalue weighted by atomic mass is 10.1. The molecule has 1 unspecified atom stereocenters. The average molecular weight is 385 g/mol. The smallest absolute Gasteiger partial charge is 0.220 e. The van der Waals surface area contributed by atoms with Crippen LogP contribution in [0.15, 0.2) is 12.2 Å². The summed E-state index contributed by atoms with van der Waals surface area (Å²) < 4.78 is 0. The number of carbonyl (C=O) groups is 1. The molecule has 0 spiro atoms. The fourth-order valence-electron chi connectivity index (χ4n) is 2.96. The molecule has 5 nitrogen and oxygen atoms in total. The van der Waals surface area contributed by atoms with Crippen molar-refractivity contribution in [1.82, 2.24) is 10.6 Å². The minimum absolute atomic E-state index is 0.122. The molecule has 0 aromatic carbocycles. The molecule has 0 aliphatic carbocycles. The molecule has 5 heteroatoms. The van der Waals surface area contributed by atoms with Crippen molar-refractivity contribution >= 4 is 5.91 Å². The summed E-state index contributed by atoms with van der Waals surface area (Å²) in [7, 11) is 0. The van der Waals surface area contributed by atoms with Gasteiger partial charge in [-0.2, -0.15) is 0 Å². The lowest BCUT2D eigenvalue weighted by Gasteiger charge is -2.07. The van der Waals surface area contributed by atoms with Gasteiger partial charge in [0.25, 0.3) is 0 Å². The first-order chi connectivity index (χ1) is 13.2. The van der Waals surface area contributed by atoms with E-state index in [2.05, 4.69) is 29.7 Å². The van der Waals surface area contributed by atoms with E-state index in [-0.39, 0.29) is 18.6 Å². The zero-order chi connectivity index (χ0) is 20.0. The highest BCUT2D eigenvalue weighted by molar-refractivity contribution is 5.75. The van der Waals surface area contributed by atoms with Gasteiger partial charge in [-0.25, -0.2) is 0 Å². The Hall–Kier alpha value is -0.910. The number of carbonyl (C=O) groups excluding carboxylic acids is 1. The van der Waals surface area contributed by atoms with Gasteiger partial charge in [0.05, 0.1) is 12.7 Å². The largest absolute Gasteiger partial charge is 0.395 e. The van der Waals surface area contributed by atoms with Crippen LogP contribution in [0.1, 0.15) is 90.4 Å². The lowest BCUT2D eigenvalue weighted by Crippen LogP contribution is -2.32. The van der Waals surface area contributed by atoms with Gasteiger partial charge in [-0.1, -0.05) is 64.0 Å². The maximum Gasteiger partial charge on any atom is 0.220 e. The second kappa shape index (κ2) is 21.4. The summed E-state index contributed by atoms with van der Waals surface area (Å²) in [6.45, 7) is 4.24. The molecule has 0 aliphatic heterocycles. The number of unbranched alkanes of at least 4 members (excludes halogenated alkanes) is 8. The van der Waals surface area contributed by atoms with E-state index >= 15 is 0 Å². The molecule has 0 heterocycles. The zero-order valence-electron chi connectivity index (χ0n) is 17.6. The Balaban J connectivity index is 3.30. The number of aliphatic hydroxyl groups excluding tert-OH is 2. The van der Waals surface area contributed by atoms with Crippen molar-refractivity contribution < 1.29 is 15.0 Å². The summed E-state index contributed by atoms with van der Waals surface area (Å²) in [5.41, 5.74) is 0. The van der Waals surface area contributed by atoms with Gasteiger partial charge in [-0.3, -0.25) is 4.79 Å². The summed E-state index contributed by atoms with van der Waals surface area (Å²) in [5, 5.41) is 24.4. The lowest BCUT2D eigenvalue weighted by molar-refractivity contribution is -0.121. The third-order valence-electron chi connectivity index (χ3n) is 4.65. The molecule has 0 radical (unpaired) electrons. The molecule has 0 fully saturated rings. The van der Waals surface area contributed by atoms with Gasteiger partial charge in [0, 0.05) is 26.1 Å². The van der Waals surface area contributed by atoms with E-state index in [1.54, 1.807) is 0 Å². The third kappa shape index (κ3) is 21.2. The van der Waals surface area contributed by atoms with Gasteiger partial charge >= 0.3 is 0 Å². The van der Waals surface area contributed by atoms with Crippen molar-refractivity contribution in [2.24, 2.45) is 0 Å². The maximum absolute atomic E-state index is 11.6. The predicted octanol–water partition coefficient (Wildman–Crippen LogP) is 3.69. The molecular formula is C22H44N2O3.